The molecule has 0 atom stereocenters. The van der Waals surface area contributed by atoms with Gasteiger partial charge in [-0.2, -0.15) is 5.10 Å². The van der Waals surface area contributed by atoms with E-state index in [0.29, 0.717) is 23.2 Å². The summed E-state index contributed by atoms with van der Waals surface area (Å²) in [4.78, 5) is 24.7. The number of urea groups is 1. The summed E-state index contributed by atoms with van der Waals surface area (Å²) in [6, 6.07) is 20.0. The molecule has 0 aliphatic rings. The van der Waals surface area contributed by atoms with Crippen LogP contribution < -0.4 is 20.9 Å². The minimum Gasteiger partial charge on any atom is -0.497 e. The first-order chi connectivity index (χ1) is 15.0. The molecule has 0 radical (unpaired) electrons. The van der Waals surface area contributed by atoms with Gasteiger partial charge in [-0.1, -0.05) is 35.9 Å². The van der Waals surface area contributed by atoms with Crippen LogP contribution >= 0.6 is 0 Å². The zero-order valence-electron chi connectivity index (χ0n) is 17.2. The van der Waals surface area contributed by atoms with Gasteiger partial charge in [0.25, 0.3) is 5.56 Å². The lowest BCUT2D eigenvalue weighted by Crippen LogP contribution is -2.19. The van der Waals surface area contributed by atoms with E-state index in [1.165, 1.54) is 0 Å². The number of carbonyl (C=O) groups is 1. The van der Waals surface area contributed by atoms with Gasteiger partial charge in [0, 0.05) is 23.2 Å². The number of methoxy groups -OCH3 is 1. The van der Waals surface area contributed by atoms with Gasteiger partial charge in [-0.25, -0.2) is 9.89 Å². The molecular formula is C24H22N4O3. The summed E-state index contributed by atoms with van der Waals surface area (Å²) in [5.74, 6) is 0.761. The lowest BCUT2D eigenvalue weighted by Gasteiger charge is -2.10. The van der Waals surface area contributed by atoms with Crippen molar-refractivity contribution in [2.45, 2.75) is 13.3 Å². The van der Waals surface area contributed by atoms with Crippen molar-refractivity contribution in [2.75, 3.05) is 17.7 Å². The smallest absolute Gasteiger partial charge is 0.323 e. The van der Waals surface area contributed by atoms with Crippen molar-refractivity contribution in [1.82, 2.24) is 10.2 Å². The minimum atomic E-state index is -0.384. The van der Waals surface area contributed by atoms with Crippen LogP contribution in [0.2, 0.25) is 0 Å². The van der Waals surface area contributed by atoms with E-state index in [-0.39, 0.29) is 11.6 Å². The fourth-order valence-electron chi connectivity index (χ4n) is 3.34. The summed E-state index contributed by atoms with van der Waals surface area (Å²) in [7, 11) is 1.62. The maximum absolute atomic E-state index is 12.4. The van der Waals surface area contributed by atoms with Crippen LogP contribution in [-0.4, -0.2) is 23.3 Å². The number of H-pyrrole nitrogens is 1. The van der Waals surface area contributed by atoms with Gasteiger partial charge in [0.05, 0.1) is 18.2 Å². The Kier molecular flexibility index (Phi) is 5.66. The molecule has 3 N–H and O–H groups in total. The van der Waals surface area contributed by atoms with Crippen molar-refractivity contribution in [3.63, 3.8) is 0 Å². The fraction of sp³-hybridized carbons (Fsp3) is 0.125. The number of hydrogen-bond donors (Lipinski definition) is 3. The van der Waals surface area contributed by atoms with Crippen molar-refractivity contribution < 1.29 is 9.53 Å². The third-order valence-electron chi connectivity index (χ3n) is 4.94. The van der Waals surface area contributed by atoms with E-state index in [0.717, 1.165) is 28.0 Å². The summed E-state index contributed by atoms with van der Waals surface area (Å²) in [5, 5.41) is 13.5. The first kappa shape index (κ1) is 20.2. The maximum Gasteiger partial charge on any atom is 0.323 e. The van der Waals surface area contributed by atoms with Gasteiger partial charge in [0.15, 0.2) is 0 Å². The van der Waals surface area contributed by atoms with Crippen LogP contribution in [0.1, 0.15) is 16.8 Å². The molecule has 0 unspecified atom stereocenters. The number of amides is 2. The van der Waals surface area contributed by atoms with Crippen molar-refractivity contribution in [3.05, 3.63) is 93.9 Å². The largest absolute Gasteiger partial charge is 0.497 e. The summed E-state index contributed by atoms with van der Waals surface area (Å²) in [6.45, 7) is 1.98. The molecule has 0 fully saturated rings. The number of carbonyl (C=O) groups excluding carboxylic acids is 1. The molecule has 1 heterocycles. The molecule has 0 aliphatic carbocycles. The summed E-state index contributed by atoms with van der Waals surface area (Å²) in [6.07, 6.45) is 0.533. The molecule has 156 valence electrons. The second-order valence-corrected chi connectivity index (χ2v) is 7.23. The number of benzene rings is 3. The van der Waals surface area contributed by atoms with Gasteiger partial charge in [-0.05, 0) is 48.9 Å². The fourth-order valence-corrected chi connectivity index (χ4v) is 3.34. The first-order valence-electron chi connectivity index (χ1n) is 9.81. The molecule has 1 aromatic heterocycles. The van der Waals surface area contributed by atoms with Crippen molar-refractivity contribution >= 4 is 28.2 Å². The Labute approximate surface area is 179 Å². The monoisotopic (exact) mass is 414 g/mol. The van der Waals surface area contributed by atoms with Crippen molar-refractivity contribution in [1.29, 1.82) is 0 Å². The summed E-state index contributed by atoms with van der Waals surface area (Å²) >= 11 is 0. The van der Waals surface area contributed by atoms with Gasteiger partial charge < -0.3 is 15.4 Å². The second-order valence-electron chi connectivity index (χ2n) is 7.23. The van der Waals surface area contributed by atoms with E-state index < -0.39 is 0 Å². The highest BCUT2D eigenvalue weighted by Gasteiger charge is 2.10. The van der Waals surface area contributed by atoms with Crippen LogP contribution in [0.25, 0.3) is 10.8 Å². The number of aromatic nitrogens is 2. The Bertz CT molecular complexity index is 1300. The maximum atomic E-state index is 12.4. The van der Waals surface area contributed by atoms with E-state index in [1.807, 2.05) is 55.5 Å². The highest BCUT2D eigenvalue weighted by atomic mass is 16.5. The van der Waals surface area contributed by atoms with E-state index in [2.05, 4.69) is 20.8 Å². The standard InChI is InChI=1S/C24H22N4O3/c1-15-6-8-17(9-7-15)25-24(30)26-18-10-11-20-21(14-18)23(29)28-27-22(20)13-16-4-3-5-19(12-16)31-2/h3-12,14H,13H2,1-2H3,(H,28,29)(H2,25,26,30). The highest BCUT2D eigenvalue weighted by molar-refractivity contribution is 6.01. The Balaban J connectivity index is 1.57. The molecule has 0 spiro atoms. The molecule has 0 saturated heterocycles. The molecule has 4 rings (SSSR count). The zero-order valence-corrected chi connectivity index (χ0v) is 17.2. The summed E-state index contributed by atoms with van der Waals surface area (Å²) < 4.78 is 5.28. The Morgan fingerprint density at radius 3 is 2.48 bits per heavy atom. The zero-order chi connectivity index (χ0) is 21.8. The van der Waals surface area contributed by atoms with Crippen molar-refractivity contribution in [3.8, 4) is 5.75 Å². The molecule has 0 bridgehead atoms. The molecule has 7 heteroatoms. The number of nitrogens with one attached hydrogen (secondary N) is 3. The van der Waals surface area contributed by atoms with Gasteiger partial charge in [0.1, 0.15) is 5.75 Å². The Hall–Kier alpha value is -4.13. The number of hydrogen-bond acceptors (Lipinski definition) is 4. The van der Waals surface area contributed by atoms with Crippen LogP contribution in [0.4, 0.5) is 16.2 Å². The first-order valence-corrected chi connectivity index (χ1v) is 9.81. The van der Waals surface area contributed by atoms with Gasteiger partial charge in [-0.3, -0.25) is 4.79 Å². The van der Waals surface area contributed by atoms with Crippen LogP contribution in [0.3, 0.4) is 0 Å². The predicted molar refractivity (Wildman–Crippen MR) is 122 cm³/mol. The molecule has 0 aliphatic heterocycles. The predicted octanol–water partition coefficient (Wildman–Crippen LogP) is 4.47. The number of rotatable bonds is 5. The molecule has 3 aromatic carbocycles. The van der Waals surface area contributed by atoms with E-state index >= 15 is 0 Å². The number of anilines is 2. The van der Waals surface area contributed by atoms with Gasteiger partial charge >= 0.3 is 6.03 Å². The number of nitrogens with zero attached hydrogens (tertiary/aromatic N) is 1. The molecule has 31 heavy (non-hydrogen) atoms. The third kappa shape index (κ3) is 4.72. The second kappa shape index (κ2) is 8.71. The SMILES string of the molecule is COc1cccc(Cc2n[nH]c(=O)c3cc(NC(=O)Nc4ccc(C)cc4)ccc23)c1. The van der Waals surface area contributed by atoms with E-state index in [1.54, 1.807) is 25.3 Å². The molecular weight excluding hydrogens is 392 g/mol. The highest BCUT2D eigenvalue weighted by Crippen LogP contribution is 2.22. The normalized spacial score (nSPS) is 10.6. The quantitative estimate of drug-likeness (QED) is 0.449. The number of fused-ring (bicyclic) bond motifs is 1. The number of ether oxygens (including phenoxy) is 1. The van der Waals surface area contributed by atoms with Crippen LogP contribution in [0.5, 0.6) is 5.75 Å². The van der Waals surface area contributed by atoms with Crippen molar-refractivity contribution in [2.24, 2.45) is 0 Å². The molecule has 7 nitrogen and oxygen atoms in total. The van der Waals surface area contributed by atoms with Gasteiger partial charge in [-0.15, -0.1) is 0 Å². The topological polar surface area (TPSA) is 96.1 Å². The van der Waals surface area contributed by atoms with Crippen LogP contribution in [0.15, 0.2) is 71.5 Å². The minimum absolute atomic E-state index is 0.313. The third-order valence-corrected chi connectivity index (χ3v) is 4.94. The van der Waals surface area contributed by atoms with E-state index in [9.17, 15) is 9.59 Å². The van der Waals surface area contributed by atoms with Crippen LogP contribution in [-0.2, 0) is 6.42 Å². The summed E-state index contributed by atoms with van der Waals surface area (Å²) in [5.41, 5.74) is 3.75. The average Bonchev–Trinajstić information content (AvgIpc) is 2.77. The molecule has 2 amide bonds. The number of aromatic amines is 1. The molecule has 0 saturated carbocycles. The Morgan fingerprint density at radius 1 is 0.968 bits per heavy atom. The average molecular weight is 414 g/mol. The lowest BCUT2D eigenvalue weighted by atomic mass is 10.0. The lowest BCUT2D eigenvalue weighted by molar-refractivity contribution is 0.262. The van der Waals surface area contributed by atoms with E-state index in [4.69, 9.17) is 4.74 Å². The van der Waals surface area contributed by atoms with Gasteiger partial charge in [0.2, 0.25) is 0 Å². The molecule has 4 aromatic rings. The number of aryl methyl sites for hydroxylation is 1. The Morgan fingerprint density at radius 2 is 1.71 bits per heavy atom. The van der Waals surface area contributed by atoms with Crippen LogP contribution in [0, 0.1) is 6.92 Å².